The molecule has 4 heterocycles. The van der Waals surface area contributed by atoms with Crippen LogP contribution in [0.2, 0.25) is 0 Å². The Balaban J connectivity index is 1.40. The summed E-state index contributed by atoms with van der Waals surface area (Å²) in [6.07, 6.45) is 5.24. The van der Waals surface area contributed by atoms with Crippen LogP contribution in [0.15, 0.2) is 51.8 Å². The van der Waals surface area contributed by atoms with Gasteiger partial charge in [0.15, 0.2) is 5.76 Å². The maximum Gasteiger partial charge on any atom is 0.288 e. The first-order chi connectivity index (χ1) is 11.8. The normalized spacial score (nSPS) is 15.8. The number of rotatable bonds is 4. The van der Waals surface area contributed by atoms with E-state index in [-0.39, 0.29) is 0 Å². The van der Waals surface area contributed by atoms with Crippen molar-refractivity contribution in [2.24, 2.45) is 0 Å². The Bertz CT molecular complexity index is 835. The summed E-state index contributed by atoms with van der Waals surface area (Å²) >= 11 is 5.26. The van der Waals surface area contributed by atoms with Crippen LogP contribution in [0.5, 0.6) is 0 Å². The van der Waals surface area contributed by atoms with E-state index >= 15 is 0 Å². The molecule has 1 aliphatic rings. The first-order valence-electron chi connectivity index (χ1n) is 7.79. The van der Waals surface area contributed by atoms with Gasteiger partial charge in [-0.3, -0.25) is 9.88 Å². The molecule has 7 nitrogen and oxygen atoms in total. The summed E-state index contributed by atoms with van der Waals surface area (Å²) in [5.41, 5.74) is 1.21. The third-order valence-corrected chi connectivity index (χ3v) is 4.37. The van der Waals surface area contributed by atoms with Gasteiger partial charge in [-0.1, -0.05) is 0 Å². The molecule has 0 N–H and O–H groups in total. The third-order valence-electron chi connectivity index (χ3n) is 4.07. The summed E-state index contributed by atoms with van der Waals surface area (Å²) in [5.74, 6) is 1.00. The average molecular weight is 343 g/mol. The molecule has 0 unspecified atom stereocenters. The second kappa shape index (κ2) is 6.58. The summed E-state index contributed by atoms with van der Waals surface area (Å²) < 4.78 is 12.5. The van der Waals surface area contributed by atoms with Crippen molar-refractivity contribution in [1.82, 2.24) is 19.7 Å². The first kappa shape index (κ1) is 15.1. The zero-order valence-electron chi connectivity index (χ0n) is 13.0. The summed E-state index contributed by atoms with van der Waals surface area (Å²) in [4.78, 5) is 9.09. The number of furan rings is 1. The topological polar surface area (TPSA) is 63.5 Å². The van der Waals surface area contributed by atoms with Gasteiger partial charge in [0.05, 0.1) is 12.9 Å². The van der Waals surface area contributed by atoms with Crippen molar-refractivity contribution in [3.8, 4) is 11.7 Å². The lowest BCUT2D eigenvalue weighted by atomic mass is 10.3. The first-order valence-corrected chi connectivity index (χ1v) is 8.19. The Morgan fingerprint density at radius 1 is 1.08 bits per heavy atom. The van der Waals surface area contributed by atoms with Gasteiger partial charge < -0.3 is 13.7 Å². The molecular formula is C16H17N5O2S. The van der Waals surface area contributed by atoms with Crippen LogP contribution in [0, 0.1) is 4.84 Å². The summed E-state index contributed by atoms with van der Waals surface area (Å²) in [5, 5.41) is 4.41. The number of piperazine rings is 1. The van der Waals surface area contributed by atoms with Crippen LogP contribution in [0.1, 0.15) is 0 Å². The molecule has 0 radical (unpaired) electrons. The number of hydrogen-bond donors (Lipinski definition) is 0. The minimum Gasteiger partial charge on any atom is -0.459 e. The molecule has 0 aliphatic carbocycles. The highest BCUT2D eigenvalue weighted by Crippen LogP contribution is 2.19. The van der Waals surface area contributed by atoms with Crippen molar-refractivity contribution in [2.75, 3.05) is 31.1 Å². The minimum atomic E-state index is 0.359. The second-order valence-electron chi connectivity index (χ2n) is 5.60. The fraction of sp³-hybridized carbons (Fsp3) is 0.312. The fourth-order valence-electron chi connectivity index (χ4n) is 2.79. The van der Waals surface area contributed by atoms with E-state index in [9.17, 15) is 0 Å². The molecule has 3 aromatic heterocycles. The highest BCUT2D eigenvalue weighted by Gasteiger charge is 2.19. The van der Waals surface area contributed by atoms with E-state index in [2.05, 4.69) is 19.9 Å². The molecule has 0 spiro atoms. The number of pyridine rings is 1. The predicted molar refractivity (Wildman–Crippen MR) is 91.1 cm³/mol. The van der Waals surface area contributed by atoms with Crippen LogP contribution in [0.25, 0.3) is 11.7 Å². The molecule has 1 saturated heterocycles. The van der Waals surface area contributed by atoms with Gasteiger partial charge in [0.2, 0.25) is 0 Å². The van der Waals surface area contributed by atoms with Crippen molar-refractivity contribution in [3.63, 3.8) is 0 Å². The Morgan fingerprint density at radius 2 is 1.88 bits per heavy atom. The van der Waals surface area contributed by atoms with Gasteiger partial charge in [-0.2, -0.15) is 0 Å². The highest BCUT2D eigenvalue weighted by molar-refractivity contribution is 7.71. The van der Waals surface area contributed by atoms with E-state index < -0.39 is 0 Å². The van der Waals surface area contributed by atoms with Gasteiger partial charge in [0, 0.05) is 44.3 Å². The smallest absolute Gasteiger partial charge is 0.288 e. The third kappa shape index (κ3) is 3.10. The SMILES string of the molecule is S=c1oc(-c2ccco2)nn1CN1CCN(c2ccncc2)CC1. The largest absolute Gasteiger partial charge is 0.459 e. The van der Waals surface area contributed by atoms with Crippen molar-refractivity contribution in [3.05, 3.63) is 47.8 Å². The molecular weight excluding hydrogens is 326 g/mol. The van der Waals surface area contributed by atoms with Crippen molar-refractivity contribution >= 4 is 17.9 Å². The molecule has 0 bridgehead atoms. The van der Waals surface area contributed by atoms with E-state index in [1.807, 2.05) is 24.5 Å². The van der Waals surface area contributed by atoms with E-state index in [4.69, 9.17) is 21.1 Å². The van der Waals surface area contributed by atoms with Crippen LogP contribution in [-0.2, 0) is 6.67 Å². The lowest BCUT2D eigenvalue weighted by Crippen LogP contribution is -2.46. The van der Waals surface area contributed by atoms with E-state index in [0.29, 0.717) is 23.2 Å². The lowest BCUT2D eigenvalue weighted by Gasteiger charge is -2.35. The van der Waals surface area contributed by atoms with E-state index in [1.54, 1.807) is 23.1 Å². The number of nitrogens with zero attached hydrogens (tertiary/aromatic N) is 5. The predicted octanol–water partition coefficient (Wildman–Crippen LogP) is 2.64. The zero-order valence-corrected chi connectivity index (χ0v) is 13.9. The highest BCUT2D eigenvalue weighted by atomic mass is 32.1. The molecule has 124 valence electrons. The van der Waals surface area contributed by atoms with Crippen molar-refractivity contribution in [2.45, 2.75) is 6.67 Å². The van der Waals surface area contributed by atoms with Crippen LogP contribution < -0.4 is 4.90 Å². The summed E-state index contributed by atoms with van der Waals surface area (Å²) in [6.45, 7) is 4.41. The van der Waals surface area contributed by atoms with Crippen LogP contribution in [-0.4, -0.2) is 45.8 Å². The Hall–Kier alpha value is -2.45. The molecule has 0 aromatic carbocycles. The number of anilines is 1. The fourth-order valence-corrected chi connectivity index (χ4v) is 2.96. The van der Waals surface area contributed by atoms with Gasteiger partial charge >= 0.3 is 0 Å². The summed E-state index contributed by atoms with van der Waals surface area (Å²) in [7, 11) is 0. The molecule has 1 fully saturated rings. The molecule has 3 aromatic rings. The Kier molecular flexibility index (Phi) is 4.14. The average Bonchev–Trinajstić information content (AvgIpc) is 3.27. The zero-order chi connectivity index (χ0) is 16.4. The quantitative estimate of drug-likeness (QED) is 0.675. The van der Waals surface area contributed by atoms with Crippen molar-refractivity contribution < 1.29 is 8.83 Å². The molecule has 1 aliphatic heterocycles. The number of hydrogen-bond acceptors (Lipinski definition) is 7. The van der Waals surface area contributed by atoms with Gasteiger partial charge in [0.1, 0.15) is 0 Å². The maximum absolute atomic E-state index is 5.52. The van der Waals surface area contributed by atoms with E-state index in [0.717, 1.165) is 26.2 Å². The summed E-state index contributed by atoms with van der Waals surface area (Å²) in [6, 6.07) is 7.68. The van der Waals surface area contributed by atoms with Crippen LogP contribution in [0.4, 0.5) is 5.69 Å². The van der Waals surface area contributed by atoms with Crippen LogP contribution >= 0.6 is 12.2 Å². The maximum atomic E-state index is 5.52. The van der Waals surface area contributed by atoms with Gasteiger partial charge in [-0.25, -0.2) is 4.68 Å². The van der Waals surface area contributed by atoms with Crippen molar-refractivity contribution in [1.29, 1.82) is 0 Å². The lowest BCUT2D eigenvalue weighted by molar-refractivity contribution is 0.192. The second-order valence-corrected chi connectivity index (χ2v) is 5.95. The van der Waals surface area contributed by atoms with E-state index in [1.165, 1.54) is 5.69 Å². The van der Waals surface area contributed by atoms with Gasteiger partial charge in [-0.15, -0.1) is 5.10 Å². The molecule has 0 amide bonds. The standard InChI is InChI=1S/C16H17N5O2S/c24-16-21(18-15(23-16)14-2-1-11-22-14)12-19-7-9-20(10-8-19)13-3-5-17-6-4-13/h1-6,11H,7-10,12H2. The number of aromatic nitrogens is 3. The van der Waals surface area contributed by atoms with Crippen LogP contribution in [0.3, 0.4) is 0 Å². The molecule has 24 heavy (non-hydrogen) atoms. The monoisotopic (exact) mass is 343 g/mol. The Labute approximate surface area is 144 Å². The molecule has 0 atom stereocenters. The molecule has 8 heteroatoms. The minimum absolute atomic E-state index is 0.359. The van der Waals surface area contributed by atoms with Gasteiger partial charge in [0.25, 0.3) is 10.7 Å². The molecule has 4 rings (SSSR count). The molecule has 0 saturated carbocycles. The van der Waals surface area contributed by atoms with Gasteiger partial charge in [-0.05, 0) is 36.5 Å². The Morgan fingerprint density at radius 3 is 2.58 bits per heavy atom.